The van der Waals surface area contributed by atoms with Crippen LogP contribution in [0.3, 0.4) is 0 Å². The fraction of sp³-hybridized carbons (Fsp3) is 0.562. The third-order valence-electron chi connectivity index (χ3n) is 4.36. The molecule has 0 saturated heterocycles. The van der Waals surface area contributed by atoms with E-state index in [0.717, 1.165) is 23.9 Å². The summed E-state index contributed by atoms with van der Waals surface area (Å²) < 4.78 is 12.8. The highest BCUT2D eigenvalue weighted by atomic mass is 16.5. The molecule has 2 rings (SSSR count). The maximum Gasteiger partial charge on any atom is 0.201 e. The summed E-state index contributed by atoms with van der Waals surface area (Å²) in [5.41, 5.74) is 7.98. The largest absolute Gasteiger partial charge is 0.493 e. The first-order valence-electron chi connectivity index (χ1n) is 7.46. The summed E-state index contributed by atoms with van der Waals surface area (Å²) in [6.07, 6.45) is 2.23. The van der Waals surface area contributed by atoms with Gasteiger partial charge in [-0.1, -0.05) is 26.7 Å². The second-order valence-electron chi connectivity index (χ2n) is 5.35. The summed E-state index contributed by atoms with van der Waals surface area (Å²) in [6.45, 7) is 6.62. The maximum atomic E-state index is 6.15. The van der Waals surface area contributed by atoms with Crippen LogP contribution in [-0.4, -0.2) is 23.8 Å². The summed E-state index contributed by atoms with van der Waals surface area (Å²) >= 11 is 0. The Bertz CT molecular complexity index is 617. The van der Waals surface area contributed by atoms with Crippen molar-refractivity contribution in [2.75, 3.05) is 20.0 Å². The number of anilines is 1. The van der Waals surface area contributed by atoms with Crippen molar-refractivity contribution in [2.24, 2.45) is 5.92 Å². The van der Waals surface area contributed by atoms with Crippen molar-refractivity contribution in [1.29, 1.82) is 0 Å². The van der Waals surface area contributed by atoms with Crippen molar-refractivity contribution in [1.82, 2.24) is 9.55 Å². The number of imidazole rings is 1. The molecule has 0 aliphatic heterocycles. The molecule has 0 amide bonds. The zero-order valence-electron chi connectivity index (χ0n) is 13.5. The number of benzene rings is 1. The van der Waals surface area contributed by atoms with E-state index in [9.17, 15) is 0 Å². The fourth-order valence-corrected chi connectivity index (χ4v) is 3.05. The Kier molecular flexibility index (Phi) is 4.60. The number of methoxy groups -OCH3 is 2. The summed E-state index contributed by atoms with van der Waals surface area (Å²) in [5, 5.41) is 0. The van der Waals surface area contributed by atoms with Crippen LogP contribution < -0.4 is 15.2 Å². The summed E-state index contributed by atoms with van der Waals surface area (Å²) in [6, 6.07) is 4.12. The molecule has 5 nitrogen and oxygen atoms in total. The van der Waals surface area contributed by atoms with Crippen molar-refractivity contribution in [2.45, 2.75) is 39.7 Å². The number of nitrogens with zero attached hydrogens (tertiary/aromatic N) is 2. The topological polar surface area (TPSA) is 62.3 Å². The van der Waals surface area contributed by atoms with Gasteiger partial charge in [0.25, 0.3) is 0 Å². The molecule has 1 heterocycles. The quantitative estimate of drug-likeness (QED) is 0.882. The van der Waals surface area contributed by atoms with Crippen molar-refractivity contribution in [3.8, 4) is 11.5 Å². The van der Waals surface area contributed by atoms with E-state index >= 15 is 0 Å². The Morgan fingerprint density at radius 2 is 1.71 bits per heavy atom. The van der Waals surface area contributed by atoms with E-state index in [1.54, 1.807) is 14.2 Å². The van der Waals surface area contributed by atoms with Gasteiger partial charge in [0.2, 0.25) is 5.95 Å². The van der Waals surface area contributed by atoms with Gasteiger partial charge in [-0.25, -0.2) is 4.98 Å². The van der Waals surface area contributed by atoms with E-state index in [1.807, 2.05) is 12.1 Å². The lowest BCUT2D eigenvalue weighted by atomic mass is 9.95. The molecule has 1 unspecified atom stereocenters. The van der Waals surface area contributed by atoms with Crippen LogP contribution >= 0.6 is 0 Å². The minimum atomic E-state index is 0.295. The summed E-state index contributed by atoms with van der Waals surface area (Å²) in [5.74, 6) is 2.48. The Morgan fingerprint density at radius 1 is 1.14 bits per heavy atom. The highest BCUT2D eigenvalue weighted by Crippen LogP contribution is 2.36. The monoisotopic (exact) mass is 291 g/mol. The Morgan fingerprint density at radius 3 is 2.24 bits per heavy atom. The zero-order valence-corrected chi connectivity index (χ0v) is 13.5. The molecule has 0 spiro atoms. The molecule has 0 aliphatic rings. The van der Waals surface area contributed by atoms with Crippen LogP contribution in [0, 0.1) is 5.92 Å². The van der Waals surface area contributed by atoms with Crippen LogP contribution in [-0.2, 0) is 0 Å². The van der Waals surface area contributed by atoms with Crippen molar-refractivity contribution in [3.63, 3.8) is 0 Å². The standard InChI is InChI=1S/C16H25N3O2/c1-6-11(7-2)10(3)19-13-9-15(21-5)14(20-4)8-12(13)18-16(19)17/h8-11H,6-7H2,1-5H3,(H2,17,18). The zero-order chi connectivity index (χ0) is 15.6. The minimum Gasteiger partial charge on any atom is -0.493 e. The molecule has 0 aliphatic carbocycles. The molecule has 2 aromatic rings. The van der Waals surface area contributed by atoms with Gasteiger partial charge >= 0.3 is 0 Å². The molecule has 2 N–H and O–H groups in total. The maximum absolute atomic E-state index is 6.15. The van der Waals surface area contributed by atoms with E-state index < -0.39 is 0 Å². The number of nitrogens with two attached hydrogens (primary N) is 1. The first-order chi connectivity index (χ1) is 10.1. The summed E-state index contributed by atoms with van der Waals surface area (Å²) in [7, 11) is 3.26. The average Bonchev–Trinajstić information content (AvgIpc) is 2.81. The number of rotatable bonds is 6. The van der Waals surface area contributed by atoms with Crippen LogP contribution in [0.25, 0.3) is 11.0 Å². The lowest BCUT2D eigenvalue weighted by Crippen LogP contribution is -2.17. The number of fused-ring (bicyclic) bond motifs is 1. The van der Waals surface area contributed by atoms with Crippen LogP contribution in [0.5, 0.6) is 11.5 Å². The van der Waals surface area contributed by atoms with Crippen molar-refractivity contribution >= 4 is 17.0 Å². The highest BCUT2D eigenvalue weighted by Gasteiger charge is 2.21. The van der Waals surface area contributed by atoms with Crippen LogP contribution in [0.2, 0.25) is 0 Å². The normalized spacial score (nSPS) is 12.9. The molecule has 0 radical (unpaired) electrons. The number of aromatic nitrogens is 2. The van der Waals surface area contributed by atoms with E-state index in [2.05, 4.69) is 30.3 Å². The Balaban J connectivity index is 2.61. The molecular formula is C16H25N3O2. The molecule has 1 atom stereocenters. The molecule has 0 fully saturated rings. The lowest BCUT2D eigenvalue weighted by Gasteiger charge is -2.24. The van der Waals surface area contributed by atoms with E-state index in [1.165, 1.54) is 0 Å². The van der Waals surface area contributed by atoms with Gasteiger partial charge in [0, 0.05) is 18.2 Å². The Labute approximate surface area is 126 Å². The smallest absolute Gasteiger partial charge is 0.201 e. The molecule has 0 bridgehead atoms. The van der Waals surface area contributed by atoms with Gasteiger partial charge in [0.1, 0.15) is 0 Å². The number of nitrogen functional groups attached to an aromatic ring is 1. The molecule has 0 saturated carbocycles. The van der Waals surface area contributed by atoms with Crippen molar-refractivity contribution in [3.05, 3.63) is 12.1 Å². The third-order valence-corrected chi connectivity index (χ3v) is 4.36. The van der Waals surface area contributed by atoms with Gasteiger partial charge in [-0.05, 0) is 12.8 Å². The number of hydrogen-bond acceptors (Lipinski definition) is 4. The van der Waals surface area contributed by atoms with Crippen LogP contribution in [0.15, 0.2) is 12.1 Å². The highest BCUT2D eigenvalue weighted by molar-refractivity contribution is 5.82. The molecule has 1 aromatic heterocycles. The Hall–Kier alpha value is -1.91. The van der Waals surface area contributed by atoms with Gasteiger partial charge in [0.05, 0.1) is 25.3 Å². The second-order valence-corrected chi connectivity index (χ2v) is 5.35. The van der Waals surface area contributed by atoms with Crippen molar-refractivity contribution < 1.29 is 9.47 Å². The number of ether oxygens (including phenoxy) is 2. The average molecular weight is 291 g/mol. The first kappa shape index (κ1) is 15.5. The molecule has 116 valence electrons. The minimum absolute atomic E-state index is 0.295. The molecule has 21 heavy (non-hydrogen) atoms. The van der Waals surface area contributed by atoms with E-state index in [4.69, 9.17) is 15.2 Å². The molecule has 5 heteroatoms. The predicted octanol–water partition coefficient (Wildman–Crippen LogP) is 3.63. The van der Waals surface area contributed by atoms with Gasteiger partial charge in [-0.3, -0.25) is 0 Å². The third kappa shape index (κ3) is 2.64. The second kappa shape index (κ2) is 6.24. The molecule has 1 aromatic carbocycles. The van der Waals surface area contributed by atoms with Gasteiger partial charge in [-0.15, -0.1) is 0 Å². The lowest BCUT2D eigenvalue weighted by molar-refractivity contribution is 0.341. The van der Waals surface area contributed by atoms with Gasteiger partial charge in [-0.2, -0.15) is 0 Å². The van der Waals surface area contributed by atoms with E-state index in [0.29, 0.717) is 29.4 Å². The number of hydrogen-bond donors (Lipinski definition) is 1. The predicted molar refractivity (Wildman–Crippen MR) is 86.0 cm³/mol. The van der Waals surface area contributed by atoms with Gasteiger partial charge < -0.3 is 19.8 Å². The first-order valence-corrected chi connectivity index (χ1v) is 7.46. The SMILES string of the molecule is CCC(CC)C(C)n1c(N)nc2cc(OC)c(OC)cc21. The van der Waals surface area contributed by atoms with E-state index in [-0.39, 0.29) is 0 Å². The van der Waals surface area contributed by atoms with Crippen LogP contribution in [0.1, 0.15) is 39.7 Å². The van der Waals surface area contributed by atoms with Gasteiger partial charge in [0.15, 0.2) is 11.5 Å². The molecular weight excluding hydrogens is 266 g/mol. The van der Waals surface area contributed by atoms with Crippen LogP contribution in [0.4, 0.5) is 5.95 Å². The summed E-state index contributed by atoms with van der Waals surface area (Å²) in [4.78, 5) is 4.47. The fourth-order valence-electron chi connectivity index (χ4n) is 3.05.